The van der Waals surface area contributed by atoms with E-state index in [1.54, 1.807) is 6.92 Å². The lowest BCUT2D eigenvalue weighted by molar-refractivity contribution is -0.0501. The van der Waals surface area contributed by atoms with E-state index in [2.05, 4.69) is 25.1 Å². The Balaban J connectivity index is 2.37. The van der Waals surface area contributed by atoms with Gasteiger partial charge in [-0.3, -0.25) is 0 Å². The van der Waals surface area contributed by atoms with Crippen molar-refractivity contribution >= 4 is 26.0 Å². The topological polar surface area (TPSA) is 56.3 Å². The maximum atomic E-state index is 12.2. The molecular weight excluding hydrogens is 351 g/mol. The summed E-state index contributed by atoms with van der Waals surface area (Å²) in [5.41, 5.74) is -4.35. The van der Waals surface area contributed by atoms with Crippen LogP contribution in [0, 0.1) is 6.92 Å². The molecule has 0 bridgehead atoms. The Morgan fingerprint density at radius 3 is 2.47 bits per heavy atom. The Morgan fingerprint density at radius 2 is 2.00 bits per heavy atom. The molecule has 1 saturated carbocycles. The molecule has 9 heteroatoms. The Bertz CT molecular complexity index is 611. The Hall–Kier alpha value is -0.830. The van der Waals surface area contributed by atoms with Crippen molar-refractivity contribution in [2.45, 2.75) is 31.2 Å². The third-order valence-electron chi connectivity index (χ3n) is 2.58. The lowest BCUT2D eigenvalue weighted by Gasteiger charge is -2.11. The van der Waals surface area contributed by atoms with Crippen molar-refractivity contribution in [1.29, 1.82) is 0 Å². The Morgan fingerprint density at radius 1 is 1.42 bits per heavy atom. The minimum absolute atomic E-state index is 0.144. The molecule has 0 unspecified atom stereocenters. The summed E-state index contributed by atoms with van der Waals surface area (Å²) in [5.74, 6) is -0.412. The van der Waals surface area contributed by atoms with Gasteiger partial charge in [-0.1, -0.05) is 0 Å². The van der Waals surface area contributed by atoms with Gasteiger partial charge in [0.05, 0.1) is 5.69 Å². The van der Waals surface area contributed by atoms with E-state index in [1.807, 2.05) is 0 Å². The molecule has 1 aromatic heterocycles. The van der Waals surface area contributed by atoms with Gasteiger partial charge in [0.2, 0.25) is 5.88 Å². The van der Waals surface area contributed by atoms with Crippen LogP contribution in [0.3, 0.4) is 0 Å². The van der Waals surface area contributed by atoms with Gasteiger partial charge >= 0.3 is 15.6 Å². The number of aryl methyl sites for hydroxylation is 1. The summed E-state index contributed by atoms with van der Waals surface area (Å²) in [6.45, 7) is 1.63. The van der Waals surface area contributed by atoms with Crippen LogP contribution in [0.25, 0.3) is 0 Å². The highest BCUT2D eigenvalue weighted by molar-refractivity contribution is 9.10. The molecule has 0 saturated heterocycles. The molecule has 0 spiro atoms. The lowest BCUT2D eigenvalue weighted by Crippen LogP contribution is -2.28. The van der Waals surface area contributed by atoms with E-state index in [0.717, 1.165) is 18.9 Å². The monoisotopic (exact) mass is 359 g/mol. The van der Waals surface area contributed by atoms with Crippen molar-refractivity contribution in [1.82, 2.24) is 4.98 Å². The predicted molar refractivity (Wildman–Crippen MR) is 64.3 cm³/mol. The largest absolute Gasteiger partial charge is 0.534 e. The second kappa shape index (κ2) is 4.62. The molecule has 0 radical (unpaired) electrons. The standard InChI is InChI=1S/C10H9BrF3NO3S/c1-5-4-7(18-19(16,17)10(12,13)14)15-9(8(5)11)6-2-3-6/h4,6H,2-3H2,1H3. The Kier molecular flexibility index (Phi) is 3.54. The van der Waals surface area contributed by atoms with Crippen molar-refractivity contribution in [3.8, 4) is 5.88 Å². The van der Waals surface area contributed by atoms with Crippen molar-refractivity contribution in [2.24, 2.45) is 0 Å². The average molecular weight is 360 g/mol. The molecule has 1 aliphatic rings. The fourth-order valence-electron chi connectivity index (χ4n) is 1.48. The van der Waals surface area contributed by atoms with Crippen LogP contribution in [-0.2, 0) is 10.1 Å². The molecule has 1 aromatic rings. The summed E-state index contributed by atoms with van der Waals surface area (Å²) in [6.07, 6.45) is 1.75. The van der Waals surface area contributed by atoms with Crippen LogP contribution < -0.4 is 4.18 Å². The first-order valence-electron chi connectivity index (χ1n) is 5.29. The molecule has 0 amide bonds. The number of pyridine rings is 1. The summed E-state index contributed by atoms with van der Waals surface area (Å²) in [6, 6.07) is 1.15. The molecule has 2 rings (SSSR count). The van der Waals surface area contributed by atoms with Crippen LogP contribution in [-0.4, -0.2) is 18.9 Å². The first-order valence-corrected chi connectivity index (χ1v) is 7.50. The van der Waals surface area contributed by atoms with E-state index in [4.69, 9.17) is 0 Å². The van der Waals surface area contributed by atoms with Crippen LogP contribution >= 0.6 is 15.9 Å². The minimum atomic E-state index is -5.68. The first-order chi connectivity index (χ1) is 8.62. The number of rotatable bonds is 3. The zero-order valence-corrected chi connectivity index (χ0v) is 12.1. The molecule has 0 aliphatic heterocycles. The highest BCUT2D eigenvalue weighted by Crippen LogP contribution is 2.44. The van der Waals surface area contributed by atoms with Gasteiger partial charge in [-0.15, -0.1) is 0 Å². The second-order valence-electron chi connectivity index (χ2n) is 4.23. The third-order valence-corrected chi connectivity index (χ3v) is 4.57. The fourth-order valence-corrected chi connectivity index (χ4v) is 2.41. The summed E-state index contributed by atoms with van der Waals surface area (Å²) < 4.78 is 63.2. The average Bonchev–Trinajstić information content (AvgIpc) is 3.04. The maximum Gasteiger partial charge on any atom is 0.534 e. The SMILES string of the molecule is Cc1cc(OS(=O)(=O)C(F)(F)F)nc(C2CC2)c1Br. The van der Waals surface area contributed by atoms with E-state index in [-0.39, 0.29) is 5.92 Å². The Labute approximate surface area is 116 Å². The van der Waals surface area contributed by atoms with Gasteiger partial charge in [-0.05, 0) is 41.3 Å². The van der Waals surface area contributed by atoms with E-state index < -0.39 is 21.5 Å². The number of hydrogen-bond donors (Lipinski definition) is 0. The summed E-state index contributed by atoms with van der Waals surface area (Å²) in [4.78, 5) is 3.85. The van der Waals surface area contributed by atoms with Crippen LogP contribution in [0.1, 0.15) is 30.0 Å². The van der Waals surface area contributed by atoms with Crippen molar-refractivity contribution in [3.63, 3.8) is 0 Å². The normalized spacial score (nSPS) is 16.5. The van der Waals surface area contributed by atoms with E-state index in [9.17, 15) is 21.6 Å². The molecule has 1 aliphatic carbocycles. The van der Waals surface area contributed by atoms with Crippen LogP contribution in [0.5, 0.6) is 5.88 Å². The van der Waals surface area contributed by atoms with Gasteiger partial charge in [-0.25, -0.2) is 4.98 Å². The number of aromatic nitrogens is 1. The zero-order valence-electron chi connectivity index (χ0n) is 9.66. The van der Waals surface area contributed by atoms with Crippen molar-refractivity contribution < 1.29 is 25.8 Å². The van der Waals surface area contributed by atoms with Crippen LogP contribution in [0.2, 0.25) is 0 Å². The highest BCUT2D eigenvalue weighted by atomic mass is 79.9. The molecule has 19 heavy (non-hydrogen) atoms. The van der Waals surface area contributed by atoms with Gasteiger partial charge in [0, 0.05) is 16.5 Å². The molecule has 106 valence electrons. The predicted octanol–water partition coefficient (Wildman–Crippen LogP) is 3.26. The molecule has 0 atom stereocenters. The number of nitrogens with zero attached hydrogens (tertiary/aromatic N) is 1. The maximum absolute atomic E-state index is 12.2. The third kappa shape index (κ3) is 3.02. The second-order valence-corrected chi connectivity index (χ2v) is 6.56. The molecular formula is C10H9BrF3NO3S. The van der Waals surface area contributed by atoms with E-state index >= 15 is 0 Å². The van der Waals surface area contributed by atoms with Gasteiger partial charge in [0.15, 0.2) is 0 Å². The number of hydrogen-bond acceptors (Lipinski definition) is 4. The zero-order chi connectivity index (χ0) is 14.4. The fraction of sp³-hybridized carbons (Fsp3) is 0.500. The van der Waals surface area contributed by atoms with Crippen molar-refractivity contribution in [3.05, 3.63) is 21.8 Å². The van der Waals surface area contributed by atoms with Gasteiger partial charge in [-0.2, -0.15) is 21.6 Å². The molecule has 1 fully saturated rings. The van der Waals surface area contributed by atoms with Crippen LogP contribution in [0.4, 0.5) is 13.2 Å². The van der Waals surface area contributed by atoms with Gasteiger partial charge < -0.3 is 4.18 Å². The number of halogens is 4. The summed E-state index contributed by atoms with van der Waals surface area (Å²) in [5, 5.41) is 0. The molecule has 1 heterocycles. The van der Waals surface area contributed by atoms with E-state index in [0.29, 0.717) is 15.7 Å². The number of alkyl halides is 3. The quantitative estimate of drug-likeness (QED) is 0.613. The highest BCUT2D eigenvalue weighted by Gasteiger charge is 2.49. The smallest absolute Gasteiger partial charge is 0.355 e. The first kappa shape index (κ1) is 14.6. The molecule has 0 aromatic carbocycles. The summed E-state index contributed by atoms with van der Waals surface area (Å²) >= 11 is 3.28. The van der Waals surface area contributed by atoms with E-state index in [1.165, 1.54) is 0 Å². The lowest BCUT2D eigenvalue weighted by atomic mass is 10.2. The van der Waals surface area contributed by atoms with Crippen LogP contribution in [0.15, 0.2) is 10.5 Å². The van der Waals surface area contributed by atoms with Crippen molar-refractivity contribution in [2.75, 3.05) is 0 Å². The van der Waals surface area contributed by atoms with Gasteiger partial charge in [0.1, 0.15) is 0 Å². The minimum Gasteiger partial charge on any atom is -0.355 e. The molecule has 0 N–H and O–H groups in total. The van der Waals surface area contributed by atoms with Gasteiger partial charge in [0.25, 0.3) is 0 Å². The molecule has 4 nitrogen and oxygen atoms in total. The summed E-state index contributed by atoms with van der Waals surface area (Å²) in [7, 11) is -5.68.